The first kappa shape index (κ1) is 19.6. The lowest BCUT2D eigenvalue weighted by Gasteiger charge is -2.27. The summed E-state index contributed by atoms with van der Waals surface area (Å²) in [5.41, 5.74) is 4.32. The van der Waals surface area contributed by atoms with E-state index in [2.05, 4.69) is 23.0 Å². The number of likely N-dealkylation sites (tertiary alicyclic amines) is 1. The van der Waals surface area contributed by atoms with Crippen LogP contribution < -0.4 is 0 Å². The molecule has 2 aromatic heterocycles. The van der Waals surface area contributed by atoms with E-state index in [1.807, 2.05) is 41.6 Å². The maximum Gasteiger partial charge on any atom is 0.255 e. The molecule has 4 rings (SSSR count). The molecule has 0 aliphatic carbocycles. The van der Waals surface area contributed by atoms with Gasteiger partial charge in [-0.25, -0.2) is 4.98 Å². The number of nitrogens with one attached hydrogen (secondary N) is 1. The number of pyridine rings is 1. The molecular formula is C23H25ClN4O. The molecule has 1 fully saturated rings. The van der Waals surface area contributed by atoms with E-state index < -0.39 is 0 Å². The van der Waals surface area contributed by atoms with E-state index >= 15 is 0 Å². The van der Waals surface area contributed by atoms with E-state index in [4.69, 9.17) is 16.6 Å². The van der Waals surface area contributed by atoms with Gasteiger partial charge in [0.15, 0.2) is 0 Å². The number of benzene rings is 1. The Morgan fingerprint density at radius 2 is 1.97 bits per heavy atom. The summed E-state index contributed by atoms with van der Waals surface area (Å²) in [5, 5.41) is 0.469. The molecule has 1 aromatic carbocycles. The first-order valence-corrected chi connectivity index (χ1v) is 10.6. The van der Waals surface area contributed by atoms with Crippen molar-refractivity contribution in [1.82, 2.24) is 19.9 Å². The van der Waals surface area contributed by atoms with E-state index in [1.54, 1.807) is 0 Å². The molecule has 3 aromatic rings. The van der Waals surface area contributed by atoms with Crippen LogP contribution in [-0.2, 0) is 6.42 Å². The van der Waals surface area contributed by atoms with Gasteiger partial charge in [-0.2, -0.15) is 0 Å². The molecule has 1 amide bonds. The number of halogens is 1. The van der Waals surface area contributed by atoms with Gasteiger partial charge < -0.3 is 9.88 Å². The average Bonchev–Trinajstić information content (AvgIpc) is 3.25. The average molecular weight is 409 g/mol. The Balaban J connectivity index is 1.56. The molecule has 1 aliphatic rings. The molecule has 0 bridgehead atoms. The predicted molar refractivity (Wildman–Crippen MR) is 116 cm³/mol. The number of piperidine rings is 1. The Morgan fingerprint density at radius 3 is 2.72 bits per heavy atom. The van der Waals surface area contributed by atoms with Crippen LogP contribution in [0, 0.1) is 0 Å². The van der Waals surface area contributed by atoms with Gasteiger partial charge in [0.05, 0.1) is 16.3 Å². The maximum absolute atomic E-state index is 12.8. The highest BCUT2D eigenvalue weighted by Gasteiger charge is 2.21. The molecule has 1 saturated heterocycles. The Labute approximate surface area is 176 Å². The molecule has 150 valence electrons. The first-order valence-electron chi connectivity index (χ1n) is 10.3. The smallest absolute Gasteiger partial charge is 0.255 e. The van der Waals surface area contributed by atoms with E-state index in [0.717, 1.165) is 67.1 Å². The van der Waals surface area contributed by atoms with Gasteiger partial charge in [0.25, 0.3) is 5.91 Å². The van der Waals surface area contributed by atoms with E-state index in [-0.39, 0.29) is 5.91 Å². The summed E-state index contributed by atoms with van der Waals surface area (Å²) >= 11 is 6.48. The van der Waals surface area contributed by atoms with Crippen LogP contribution in [0.15, 0.2) is 42.7 Å². The number of nitrogens with zero attached hydrogens (tertiary/aromatic N) is 3. The summed E-state index contributed by atoms with van der Waals surface area (Å²) < 4.78 is 0. The van der Waals surface area contributed by atoms with Gasteiger partial charge in [-0.1, -0.05) is 31.0 Å². The van der Waals surface area contributed by atoms with Gasteiger partial charge >= 0.3 is 0 Å². The number of imidazole rings is 1. The zero-order chi connectivity index (χ0) is 20.2. The van der Waals surface area contributed by atoms with Gasteiger partial charge in [-0.05, 0) is 49.9 Å². The summed E-state index contributed by atoms with van der Waals surface area (Å²) in [4.78, 5) is 27.0. The number of aromatic amines is 1. The van der Waals surface area contributed by atoms with Gasteiger partial charge in [0, 0.05) is 42.3 Å². The summed E-state index contributed by atoms with van der Waals surface area (Å²) in [5.74, 6) is 0.813. The lowest BCUT2D eigenvalue weighted by molar-refractivity contribution is 0.0724. The zero-order valence-electron chi connectivity index (χ0n) is 16.6. The van der Waals surface area contributed by atoms with Crippen LogP contribution >= 0.6 is 11.6 Å². The van der Waals surface area contributed by atoms with Gasteiger partial charge in [0.2, 0.25) is 0 Å². The van der Waals surface area contributed by atoms with Crippen molar-refractivity contribution in [3.8, 4) is 22.6 Å². The molecule has 0 radical (unpaired) electrons. The van der Waals surface area contributed by atoms with Crippen molar-refractivity contribution in [2.24, 2.45) is 0 Å². The number of hydrogen-bond acceptors (Lipinski definition) is 3. The maximum atomic E-state index is 12.8. The van der Waals surface area contributed by atoms with E-state index in [9.17, 15) is 4.79 Å². The van der Waals surface area contributed by atoms with Crippen molar-refractivity contribution in [3.63, 3.8) is 0 Å². The second kappa shape index (κ2) is 8.78. The Bertz CT molecular complexity index is 1010. The number of amides is 1. The Hall–Kier alpha value is -2.66. The van der Waals surface area contributed by atoms with Crippen molar-refractivity contribution in [2.45, 2.75) is 39.0 Å². The molecule has 1 aliphatic heterocycles. The van der Waals surface area contributed by atoms with Crippen molar-refractivity contribution < 1.29 is 4.79 Å². The number of H-pyrrole nitrogens is 1. The molecule has 6 heteroatoms. The lowest BCUT2D eigenvalue weighted by atomic mass is 10.1. The predicted octanol–water partition coefficient (Wildman–Crippen LogP) is 5.37. The fourth-order valence-electron chi connectivity index (χ4n) is 3.75. The molecule has 5 nitrogen and oxygen atoms in total. The molecule has 29 heavy (non-hydrogen) atoms. The molecular weight excluding hydrogens is 384 g/mol. The Morgan fingerprint density at radius 1 is 1.14 bits per heavy atom. The number of aromatic nitrogens is 3. The highest BCUT2D eigenvalue weighted by molar-refractivity contribution is 6.34. The van der Waals surface area contributed by atoms with Crippen LogP contribution in [-0.4, -0.2) is 38.8 Å². The monoisotopic (exact) mass is 408 g/mol. The minimum absolute atomic E-state index is 0.0178. The summed E-state index contributed by atoms with van der Waals surface area (Å²) in [6, 6.07) is 9.58. The number of rotatable bonds is 5. The first-order chi connectivity index (χ1) is 14.2. The third kappa shape index (κ3) is 4.35. The fraction of sp³-hybridized carbons (Fsp3) is 0.348. The molecule has 1 N–H and O–H groups in total. The number of carbonyl (C=O) groups excluding carboxylic acids is 1. The van der Waals surface area contributed by atoms with Gasteiger partial charge in [-0.3, -0.25) is 9.78 Å². The third-order valence-electron chi connectivity index (χ3n) is 5.31. The van der Waals surface area contributed by atoms with Gasteiger partial charge in [-0.15, -0.1) is 0 Å². The minimum atomic E-state index is 0.0178. The van der Waals surface area contributed by atoms with Crippen LogP contribution in [0.1, 0.15) is 48.7 Å². The van der Waals surface area contributed by atoms with Crippen LogP contribution in [0.5, 0.6) is 0 Å². The highest BCUT2D eigenvalue weighted by Crippen LogP contribution is 2.28. The van der Waals surface area contributed by atoms with Crippen LogP contribution in [0.2, 0.25) is 5.02 Å². The second-order valence-electron chi connectivity index (χ2n) is 7.47. The third-order valence-corrected chi connectivity index (χ3v) is 5.63. The van der Waals surface area contributed by atoms with Crippen molar-refractivity contribution in [2.75, 3.05) is 13.1 Å². The molecule has 0 spiro atoms. The number of aryl methyl sites for hydroxylation is 1. The van der Waals surface area contributed by atoms with Crippen molar-refractivity contribution in [3.05, 3.63) is 59.0 Å². The summed E-state index contributed by atoms with van der Waals surface area (Å²) in [6.07, 6.45) is 9.01. The summed E-state index contributed by atoms with van der Waals surface area (Å²) in [6.45, 7) is 3.76. The highest BCUT2D eigenvalue weighted by atomic mass is 35.5. The lowest BCUT2D eigenvalue weighted by Crippen LogP contribution is -2.35. The molecule has 3 heterocycles. The topological polar surface area (TPSA) is 61.9 Å². The number of hydrogen-bond donors (Lipinski definition) is 1. The Kier molecular flexibility index (Phi) is 5.95. The van der Waals surface area contributed by atoms with Crippen LogP contribution in [0.3, 0.4) is 0 Å². The standard InChI is InChI=1S/C23H25ClN4O/c1-2-6-18-13-17(9-10-25-18)22-26-15-21(27-22)16-7-8-19(20(24)14-16)23(29)28-11-4-3-5-12-28/h7-10,13-15H,2-6,11-12H2,1H3,(H,26,27). The van der Waals surface area contributed by atoms with Crippen molar-refractivity contribution >= 4 is 17.5 Å². The fourth-order valence-corrected chi connectivity index (χ4v) is 4.01. The normalized spacial score (nSPS) is 14.2. The minimum Gasteiger partial charge on any atom is -0.344 e. The molecule has 0 atom stereocenters. The van der Waals surface area contributed by atoms with Crippen LogP contribution in [0.25, 0.3) is 22.6 Å². The van der Waals surface area contributed by atoms with Crippen LogP contribution in [0.4, 0.5) is 0 Å². The van der Waals surface area contributed by atoms with E-state index in [0.29, 0.717) is 10.6 Å². The van der Waals surface area contributed by atoms with Crippen molar-refractivity contribution in [1.29, 1.82) is 0 Å². The zero-order valence-corrected chi connectivity index (χ0v) is 17.4. The second-order valence-corrected chi connectivity index (χ2v) is 7.87. The molecule has 0 unspecified atom stereocenters. The van der Waals surface area contributed by atoms with E-state index in [1.165, 1.54) is 6.42 Å². The largest absolute Gasteiger partial charge is 0.344 e. The van der Waals surface area contributed by atoms with Gasteiger partial charge in [0.1, 0.15) is 5.82 Å². The SMILES string of the molecule is CCCc1cc(-c2nc(-c3ccc(C(=O)N4CCCCC4)c(Cl)c3)c[nH]2)ccn1. The molecule has 0 saturated carbocycles. The number of carbonyl (C=O) groups is 1. The quantitative estimate of drug-likeness (QED) is 0.617. The summed E-state index contributed by atoms with van der Waals surface area (Å²) in [7, 11) is 0.